The van der Waals surface area contributed by atoms with Gasteiger partial charge in [0, 0.05) is 30.8 Å². The standard InChI is InChI=1S/C19H24F2N2S2/c1-18(2,3)16-8-9-17(24-16)25-22-14-6-4-5-7-15(14)23-12-10-19(20,21)11-13-23/h4-9,22H,10-13H2,1-3H3. The van der Waals surface area contributed by atoms with Gasteiger partial charge in [-0.15, -0.1) is 11.3 Å². The maximum Gasteiger partial charge on any atom is 0.251 e. The molecule has 1 aliphatic rings. The summed E-state index contributed by atoms with van der Waals surface area (Å²) in [4.78, 5) is 3.40. The topological polar surface area (TPSA) is 15.3 Å². The highest BCUT2D eigenvalue weighted by Gasteiger charge is 2.34. The fourth-order valence-electron chi connectivity index (χ4n) is 2.79. The van der Waals surface area contributed by atoms with Crippen LogP contribution < -0.4 is 9.62 Å². The van der Waals surface area contributed by atoms with E-state index >= 15 is 0 Å². The molecule has 0 amide bonds. The number of benzene rings is 1. The summed E-state index contributed by atoms with van der Waals surface area (Å²) in [5.74, 6) is -2.52. The molecule has 2 heterocycles. The highest BCUT2D eigenvalue weighted by atomic mass is 32.2. The van der Waals surface area contributed by atoms with E-state index in [1.54, 1.807) is 23.3 Å². The lowest BCUT2D eigenvalue weighted by molar-refractivity contribution is -0.0220. The smallest absolute Gasteiger partial charge is 0.251 e. The van der Waals surface area contributed by atoms with Gasteiger partial charge in [-0.2, -0.15) is 0 Å². The Hall–Kier alpha value is -1.27. The Kier molecular flexibility index (Phi) is 5.30. The third kappa shape index (κ3) is 4.67. The van der Waals surface area contributed by atoms with Gasteiger partial charge in [0.05, 0.1) is 15.6 Å². The monoisotopic (exact) mass is 382 g/mol. The summed E-state index contributed by atoms with van der Waals surface area (Å²) in [6.45, 7) is 7.42. The zero-order chi connectivity index (χ0) is 18.1. The summed E-state index contributed by atoms with van der Waals surface area (Å²) in [7, 11) is 0. The number of halogens is 2. The Morgan fingerprint density at radius 3 is 2.40 bits per heavy atom. The molecule has 3 rings (SSSR count). The molecule has 1 aromatic carbocycles. The molecular weight excluding hydrogens is 358 g/mol. The first-order valence-corrected chi connectivity index (χ1v) is 10.1. The molecule has 0 bridgehead atoms. The summed E-state index contributed by atoms with van der Waals surface area (Å²) < 4.78 is 31.4. The molecule has 25 heavy (non-hydrogen) atoms. The predicted octanol–water partition coefficient (Wildman–Crippen LogP) is 6.40. The molecule has 0 unspecified atom stereocenters. The van der Waals surface area contributed by atoms with Crippen molar-refractivity contribution in [1.82, 2.24) is 0 Å². The minimum atomic E-state index is -2.52. The summed E-state index contributed by atoms with van der Waals surface area (Å²) >= 11 is 3.37. The van der Waals surface area contributed by atoms with E-state index in [4.69, 9.17) is 0 Å². The molecule has 1 aromatic heterocycles. The quantitative estimate of drug-likeness (QED) is 0.616. The van der Waals surface area contributed by atoms with Gasteiger partial charge in [0.15, 0.2) is 0 Å². The Morgan fingerprint density at radius 1 is 1.08 bits per heavy atom. The molecule has 1 fully saturated rings. The second kappa shape index (κ2) is 7.16. The van der Waals surface area contributed by atoms with Gasteiger partial charge in [0.1, 0.15) is 0 Å². The fourth-order valence-corrected chi connectivity index (χ4v) is 4.67. The highest BCUT2D eigenvalue weighted by molar-refractivity contribution is 8.02. The largest absolute Gasteiger partial charge is 0.369 e. The van der Waals surface area contributed by atoms with Crippen molar-refractivity contribution in [3.63, 3.8) is 0 Å². The SMILES string of the molecule is CC(C)(C)c1ccc(SNc2ccccc2N2CCC(F)(F)CC2)s1. The molecule has 0 aliphatic carbocycles. The number of alkyl halides is 2. The molecule has 0 saturated carbocycles. The van der Waals surface area contributed by atoms with Crippen molar-refractivity contribution >= 4 is 34.7 Å². The Morgan fingerprint density at radius 2 is 1.76 bits per heavy atom. The number of para-hydroxylation sites is 2. The lowest BCUT2D eigenvalue weighted by Crippen LogP contribution is -2.39. The molecular formula is C19H24F2N2S2. The van der Waals surface area contributed by atoms with Crippen molar-refractivity contribution in [2.45, 2.75) is 49.2 Å². The molecule has 1 saturated heterocycles. The van der Waals surface area contributed by atoms with E-state index in [1.165, 1.54) is 9.09 Å². The lowest BCUT2D eigenvalue weighted by atomic mass is 9.95. The van der Waals surface area contributed by atoms with E-state index in [9.17, 15) is 8.78 Å². The number of thiophene rings is 1. The van der Waals surface area contributed by atoms with E-state index in [-0.39, 0.29) is 18.3 Å². The predicted molar refractivity (Wildman–Crippen MR) is 105 cm³/mol. The zero-order valence-electron chi connectivity index (χ0n) is 14.8. The van der Waals surface area contributed by atoms with Crippen molar-refractivity contribution in [3.8, 4) is 0 Å². The number of hydrogen-bond acceptors (Lipinski definition) is 4. The van der Waals surface area contributed by atoms with Gasteiger partial charge in [-0.05, 0) is 41.6 Å². The number of anilines is 2. The highest BCUT2D eigenvalue weighted by Crippen LogP contribution is 2.38. The van der Waals surface area contributed by atoms with Crippen LogP contribution in [0.4, 0.5) is 20.2 Å². The third-order valence-electron chi connectivity index (χ3n) is 4.32. The average molecular weight is 383 g/mol. The van der Waals surface area contributed by atoms with Crippen LogP contribution >= 0.6 is 23.3 Å². The van der Waals surface area contributed by atoms with E-state index in [0.717, 1.165) is 11.4 Å². The van der Waals surface area contributed by atoms with Crippen LogP contribution in [-0.2, 0) is 5.41 Å². The van der Waals surface area contributed by atoms with Gasteiger partial charge in [-0.3, -0.25) is 0 Å². The van der Waals surface area contributed by atoms with Crippen molar-refractivity contribution in [3.05, 3.63) is 41.3 Å². The van der Waals surface area contributed by atoms with E-state index in [2.05, 4.69) is 42.5 Å². The van der Waals surface area contributed by atoms with Gasteiger partial charge < -0.3 is 9.62 Å². The average Bonchev–Trinajstić information content (AvgIpc) is 3.03. The van der Waals surface area contributed by atoms with Crippen LogP contribution in [0.5, 0.6) is 0 Å². The van der Waals surface area contributed by atoms with Crippen LogP contribution in [0.3, 0.4) is 0 Å². The first-order valence-electron chi connectivity index (χ1n) is 8.50. The fraction of sp³-hybridized carbons (Fsp3) is 0.474. The van der Waals surface area contributed by atoms with Crippen LogP contribution in [0.25, 0.3) is 0 Å². The molecule has 2 nitrogen and oxygen atoms in total. The molecule has 136 valence electrons. The molecule has 6 heteroatoms. The molecule has 1 N–H and O–H groups in total. The summed E-state index contributed by atoms with van der Waals surface area (Å²) in [6, 6.07) is 12.2. The minimum Gasteiger partial charge on any atom is -0.369 e. The van der Waals surface area contributed by atoms with Crippen LogP contribution in [0.2, 0.25) is 0 Å². The van der Waals surface area contributed by atoms with Gasteiger partial charge >= 0.3 is 0 Å². The van der Waals surface area contributed by atoms with Gasteiger partial charge in [0.2, 0.25) is 0 Å². The second-order valence-corrected chi connectivity index (χ2v) is 9.62. The first kappa shape index (κ1) is 18.5. The molecule has 1 aliphatic heterocycles. The second-order valence-electron chi connectivity index (χ2n) is 7.43. The first-order chi connectivity index (χ1) is 11.7. The zero-order valence-corrected chi connectivity index (χ0v) is 16.4. The summed E-state index contributed by atoms with van der Waals surface area (Å²) in [5, 5.41) is 0. The molecule has 2 aromatic rings. The molecule has 0 atom stereocenters. The van der Waals surface area contributed by atoms with Crippen molar-refractivity contribution in [1.29, 1.82) is 0 Å². The summed E-state index contributed by atoms with van der Waals surface area (Å²) in [5.41, 5.74) is 2.13. The van der Waals surface area contributed by atoms with E-state index in [0.29, 0.717) is 13.1 Å². The van der Waals surface area contributed by atoms with Crippen molar-refractivity contribution in [2.75, 3.05) is 22.7 Å². The number of rotatable bonds is 4. The van der Waals surface area contributed by atoms with Gasteiger partial charge in [-0.25, -0.2) is 8.78 Å². The van der Waals surface area contributed by atoms with Crippen molar-refractivity contribution in [2.24, 2.45) is 0 Å². The van der Waals surface area contributed by atoms with Crippen LogP contribution in [0.1, 0.15) is 38.5 Å². The van der Waals surface area contributed by atoms with Crippen LogP contribution in [0, 0.1) is 0 Å². The molecule has 0 radical (unpaired) electrons. The van der Waals surface area contributed by atoms with E-state index in [1.807, 2.05) is 24.3 Å². The lowest BCUT2D eigenvalue weighted by Gasteiger charge is -2.34. The van der Waals surface area contributed by atoms with Crippen molar-refractivity contribution < 1.29 is 8.78 Å². The summed E-state index contributed by atoms with van der Waals surface area (Å²) in [6.07, 6.45) is -0.150. The minimum absolute atomic E-state index is 0.0751. The number of nitrogens with one attached hydrogen (secondary N) is 1. The van der Waals surface area contributed by atoms with E-state index < -0.39 is 5.92 Å². The molecule has 0 spiro atoms. The Balaban J connectivity index is 1.68. The maximum atomic E-state index is 13.4. The van der Waals surface area contributed by atoms with Crippen LogP contribution in [0.15, 0.2) is 40.6 Å². The maximum absolute atomic E-state index is 13.4. The normalized spacial score (nSPS) is 17.6. The van der Waals surface area contributed by atoms with Gasteiger partial charge in [-0.1, -0.05) is 32.9 Å². The van der Waals surface area contributed by atoms with Crippen LogP contribution in [-0.4, -0.2) is 19.0 Å². The number of hydrogen-bond donors (Lipinski definition) is 1. The number of piperidine rings is 1. The third-order valence-corrected chi connectivity index (χ3v) is 6.79. The van der Waals surface area contributed by atoms with Gasteiger partial charge in [0.25, 0.3) is 5.92 Å². The Labute approximate surface area is 156 Å². The Bertz CT molecular complexity index is 712. The number of nitrogens with zero attached hydrogens (tertiary/aromatic N) is 1.